The van der Waals surface area contributed by atoms with Crippen LogP contribution in [0.2, 0.25) is 5.02 Å². The van der Waals surface area contributed by atoms with Crippen LogP contribution in [0.15, 0.2) is 48.5 Å². The molecule has 2 aromatic carbocycles. The minimum Gasteiger partial charge on any atom is -0.286 e. The van der Waals surface area contributed by atoms with Crippen LogP contribution in [0.5, 0.6) is 0 Å². The molecule has 0 saturated carbocycles. The van der Waals surface area contributed by atoms with Gasteiger partial charge in [0, 0.05) is 5.02 Å². The normalized spacial score (nSPS) is 18.4. The lowest BCUT2D eigenvalue weighted by atomic mass is 10.0. The number of nitrogens with zero attached hydrogens (tertiary/aromatic N) is 1. The fourth-order valence-electron chi connectivity index (χ4n) is 2.25. The minimum atomic E-state index is -0.670. The van der Waals surface area contributed by atoms with Gasteiger partial charge in [0.25, 0.3) is 0 Å². The summed E-state index contributed by atoms with van der Waals surface area (Å²) in [6.07, 6.45) is 0. The standard InChI is InChI=1S/C16H13ClN2O2/c1-10-2-8-13(9-3-10)19-16(21)15(20)14(18-19)11-4-6-12(17)7-5-11/h2-9,14,18H,1H3. The Hall–Kier alpha value is -2.17. The zero-order chi connectivity index (χ0) is 15.0. The lowest BCUT2D eigenvalue weighted by Crippen LogP contribution is -2.35. The first kappa shape index (κ1) is 13.8. The summed E-state index contributed by atoms with van der Waals surface area (Å²) in [5.41, 5.74) is 5.41. The molecule has 0 spiro atoms. The highest BCUT2D eigenvalue weighted by atomic mass is 35.5. The van der Waals surface area contributed by atoms with Gasteiger partial charge in [-0.1, -0.05) is 41.4 Å². The first-order chi connectivity index (χ1) is 10.1. The zero-order valence-corrected chi connectivity index (χ0v) is 12.1. The van der Waals surface area contributed by atoms with Crippen molar-refractivity contribution in [2.24, 2.45) is 0 Å². The fraction of sp³-hybridized carbons (Fsp3) is 0.125. The Balaban J connectivity index is 1.90. The number of aryl methyl sites for hydroxylation is 1. The van der Waals surface area contributed by atoms with Gasteiger partial charge >= 0.3 is 5.91 Å². The SMILES string of the molecule is Cc1ccc(N2NC(c3ccc(Cl)cc3)C(=O)C2=O)cc1. The zero-order valence-electron chi connectivity index (χ0n) is 11.3. The van der Waals surface area contributed by atoms with Crippen molar-refractivity contribution in [3.8, 4) is 0 Å². The van der Waals surface area contributed by atoms with E-state index >= 15 is 0 Å². The summed E-state index contributed by atoms with van der Waals surface area (Å²) in [7, 11) is 0. The average Bonchev–Trinajstić information content (AvgIpc) is 2.78. The van der Waals surface area contributed by atoms with Crippen molar-refractivity contribution in [1.29, 1.82) is 0 Å². The number of hydrazine groups is 1. The Labute approximate surface area is 127 Å². The van der Waals surface area contributed by atoms with E-state index in [0.29, 0.717) is 16.3 Å². The molecule has 1 heterocycles. The van der Waals surface area contributed by atoms with E-state index in [1.54, 1.807) is 36.4 Å². The highest BCUT2D eigenvalue weighted by Gasteiger charge is 2.40. The van der Waals surface area contributed by atoms with Crippen LogP contribution in [0.3, 0.4) is 0 Å². The third-order valence-corrected chi connectivity index (χ3v) is 3.68. The molecule has 0 aromatic heterocycles. The summed E-state index contributed by atoms with van der Waals surface area (Å²) in [5, 5.41) is 1.88. The number of anilines is 1. The molecule has 1 unspecified atom stereocenters. The maximum Gasteiger partial charge on any atom is 0.310 e. The summed E-state index contributed by atoms with van der Waals surface area (Å²) in [5.74, 6) is -1.03. The monoisotopic (exact) mass is 300 g/mol. The second-order valence-electron chi connectivity index (χ2n) is 4.95. The molecule has 1 fully saturated rings. The fourth-order valence-corrected chi connectivity index (χ4v) is 2.37. The maximum atomic E-state index is 12.2. The molecule has 21 heavy (non-hydrogen) atoms. The van der Waals surface area contributed by atoms with Crippen molar-refractivity contribution in [3.63, 3.8) is 0 Å². The molecule has 0 aliphatic carbocycles. The van der Waals surface area contributed by atoms with E-state index in [2.05, 4.69) is 5.43 Å². The molecule has 1 amide bonds. The van der Waals surface area contributed by atoms with E-state index < -0.39 is 17.7 Å². The number of hydrogen-bond donors (Lipinski definition) is 1. The quantitative estimate of drug-likeness (QED) is 0.868. The number of nitrogens with one attached hydrogen (secondary N) is 1. The minimum absolute atomic E-state index is 0.474. The van der Waals surface area contributed by atoms with Gasteiger partial charge in [-0.05, 0) is 36.8 Å². The number of carbonyl (C=O) groups excluding carboxylic acids is 2. The average molecular weight is 301 g/mol. The van der Waals surface area contributed by atoms with E-state index in [1.807, 2.05) is 19.1 Å². The van der Waals surface area contributed by atoms with Gasteiger partial charge in [-0.2, -0.15) is 0 Å². The first-order valence-corrected chi connectivity index (χ1v) is 6.90. The van der Waals surface area contributed by atoms with Crippen molar-refractivity contribution in [1.82, 2.24) is 5.43 Å². The summed E-state index contributed by atoms with van der Waals surface area (Å²) >= 11 is 5.84. The van der Waals surface area contributed by atoms with Crippen LogP contribution >= 0.6 is 11.6 Å². The lowest BCUT2D eigenvalue weighted by Gasteiger charge is -2.17. The number of Topliss-reactive ketones (excluding diaryl/α,β-unsaturated/α-hetero) is 1. The van der Waals surface area contributed by atoms with Crippen LogP contribution in [0, 0.1) is 6.92 Å². The van der Waals surface area contributed by atoms with Crippen LogP contribution < -0.4 is 10.4 Å². The molecule has 3 rings (SSSR count). The molecule has 1 aliphatic rings. The van der Waals surface area contributed by atoms with Gasteiger partial charge in [0.2, 0.25) is 5.78 Å². The van der Waals surface area contributed by atoms with E-state index in [0.717, 1.165) is 5.56 Å². The molecule has 1 N–H and O–H groups in total. The molecular weight excluding hydrogens is 288 g/mol. The van der Waals surface area contributed by atoms with Gasteiger partial charge in [-0.25, -0.2) is 10.4 Å². The van der Waals surface area contributed by atoms with Gasteiger partial charge in [0.05, 0.1) is 5.69 Å². The topological polar surface area (TPSA) is 49.4 Å². The van der Waals surface area contributed by atoms with Gasteiger partial charge in [0.15, 0.2) is 0 Å². The molecule has 106 valence electrons. The van der Waals surface area contributed by atoms with E-state index in [9.17, 15) is 9.59 Å². The summed E-state index contributed by atoms with van der Waals surface area (Å²) in [4.78, 5) is 24.3. The summed E-state index contributed by atoms with van der Waals surface area (Å²) < 4.78 is 0. The third kappa shape index (κ3) is 2.55. The van der Waals surface area contributed by atoms with Crippen molar-refractivity contribution in [2.45, 2.75) is 13.0 Å². The second kappa shape index (κ2) is 5.31. The Kier molecular flexibility index (Phi) is 3.49. The van der Waals surface area contributed by atoms with Crippen LogP contribution in [-0.2, 0) is 9.59 Å². The molecule has 2 aromatic rings. The predicted octanol–water partition coefficient (Wildman–Crippen LogP) is 2.81. The van der Waals surface area contributed by atoms with Crippen molar-refractivity contribution in [3.05, 3.63) is 64.7 Å². The Morgan fingerprint density at radius 3 is 2.24 bits per heavy atom. The Bertz CT molecular complexity index is 634. The molecular formula is C16H13ClN2O2. The van der Waals surface area contributed by atoms with Gasteiger partial charge in [-0.3, -0.25) is 9.59 Å². The second-order valence-corrected chi connectivity index (χ2v) is 5.39. The van der Waals surface area contributed by atoms with E-state index in [-0.39, 0.29) is 0 Å². The number of carbonyl (C=O) groups is 2. The highest BCUT2D eigenvalue weighted by molar-refractivity contribution is 6.45. The van der Waals surface area contributed by atoms with Crippen LogP contribution in [-0.4, -0.2) is 11.7 Å². The maximum absolute atomic E-state index is 12.2. The van der Waals surface area contributed by atoms with Crippen LogP contribution in [0.4, 0.5) is 5.69 Å². The number of ketones is 1. The van der Waals surface area contributed by atoms with Gasteiger partial charge < -0.3 is 0 Å². The Morgan fingerprint density at radius 1 is 1.00 bits per heavy atom. The third-order valence-electron chi connectivity index (χ3n) is 3.43. The van der Waals surface area contributed by atoms with Crippen molar-refractivity contribution < 1.29 is 9.59 Å². The predicted molar refractivity (Wildman–Crippen MR) is 81.0 cm³/mol. The Morgan fingerprint density at radius 2 is 1.62 bits per heavy atom. The van der Waals surface area contributed by atoms with E-state index in [4.69, 9.17) is 11.6 Å². The number of rotatable bonds is 2. The van der Waals surface area contributed by atoms with Crippen LogP contribution in [0.25, 0.3) is 0 Å². The number of benzene rings is 2. The molecule has 0 radical (unpaired) electrons. The number of halogens is 1. The molecule has 1 atom stereocenters. The molecule has 4 nitrogen and oxygen atoms in total. The highest BCUT2D eigenvalue weighted by Crippen LogP contribution is 2.26. The number of amides is 1. The van der Waals surface area contributed by atoms with Crippen molar-refractivity contribution in [2.75, 3.05) is 5.01 Å². The largest absolute Gasteiger partial charge is 0.310 e. The summed E-state index contributed by atoms with van der Waals surface area (Å²) in [6.45, 7) is 1.96. The molecule has 0 bridgehead atoms. The molecule has 1 saturated heterocycles. The van der Waals surface area contributed by atoms with Crippen molar-refractivity contribution >= 4 is 29.0 Å². The lowest BCUT2D eigenvalue weighted by molar-refractivity contribution is -0.134. The van der Waals surface area contributed by atoms with Gasteiger partial charge in [0.1, 0.15) is 6.04 Å². The van der Waals surface area contributed by atoms with Crippen LogP contribution in [0.1, 0.15) is 17.2 Å². The first-order valence-electron chi connectivity index (χ1n) is 6.53. The smallest absolute Gasteiger partial charge is 0.286 e. The molecule has 1 aliphatic heterocycles. The molecule has 5 heteroatoms. The summed E-state index contributed by atoms with van der Waals surface area (Å²) in [6, 6.07) is 13.6. The van der Waals surface area contributed by atoms with E-state index in [1.165, 1.54) is 5.01 Å². The number of hydrogen-bond acceptors (Lipinski definition) is 3. The van der Waals surface area contributed by atoms with Gasteiger partial charge in [-0.15, -0.1) is 0 Å².